The third-order valence-corrected chi connectivity index (χ3v) is 2.69. The van der Waals surface area contributed by atoms with Gasteiger partial charge in [-0.1, -0.05) is 5.92 Å². The first-order valence-electron chi connectivity index (χ1n) is 4.19. The van der Waals surface area contributed by atoms with Gasteiger partial charge >= 0.3 is 0 Å². The molecule has 2 rings (SSSR count). The van der Waals surface area contributed by atoms with Crippen molar-refractivity contribution < 1.29 is 0 Å². The van der Waals surface area contributed by atoms with Crippen molar-refractivity contribution in [2.75, 3.05) is 0 Å². The summed E-state index contributed by atoms with van der Waals surface area (Å²) in [5.74, 6) is 5.89. The fourth-order valence-electron chi connectivity index (χ4n) is 1.09. The average molecular weight is 200 g/mol. The van der Waals surface area contributed by atoms with E-state index in [1.165, 1.54) is 0 Å². The minimum absolute atomic E-state index is 0.904. The first kappa shape index (κ1) is 8.92. The summed E-state index contributed by atoms with van der Waals surface area (Å²) in [6, 6.07) is 4.03. The Bertz CT molecular complexity index is 477. The number of thiophene rings is 1. The van der Waals surface area contributed by atoms with Crippen LogP contribution in [0.25, 0.3) is 10.6 Å². The van der Waals surface area contributed by atoms with Gasteiger partial charge in [-0.25, -0.2) is 0 Å². The molecule has 0 bridgehead atoms. The van der Waals surface area contributed by atoms with Crippen LogP contribution in [0.15, 0.2) is 30.7 Å². The Labute approximate surface area is 86.7 Å². The van der Waals surface area contributed by atoms with E-state index >= 15 is 0 Å². The maximum absolute atomic E-state index is 4.22. The first-order valence-corrected chi connectivity index (χ1v) is 5.01. The van der Waals surface area contributed by atoms with Crippen LogP contribution >= 0.6 is 11.3 Å². The highest BCUT2D eigenvalue weighted by atomic mass is 32.1. The summed E-state index contributed by atoms with van der Waals surface area (Å²) >= 11 is 1.63. The highest BCUT2D eigenvalue weighted by molar-refractivity contribution is 7.16. The lowest BCUT2D eigenvalue weighted by Gasteiger charge is -1.91. The summed E-state index contributed by atoms with van der Waals surface area (Å²) in [4.78, 5) is 10.4. The van der Waals surface area contributed by atoms with Gasteiger partial charge in [0.1, 0.15) is 0 Å². The van der Waals surface area contributed by atoms with Crippen LogP contribution in [0.2, 0.25) is 0 Å². The molecule has 0 radical (unpaired) electrons. The molecule has 2 nitrogen and oxygen atoms in total. The van der Waals surface area contributed by atoms with E-state index in [1.54, 1.807) is 29.9 Å². The van der Waals surface area contributed by atoms with Crippen molar-refractivity contribution in [3.05, 3.63) is 35.6 Å². The van der Waals surface area contributed by atoms with E-state index in [9.17, 15) is 0 Å². The van der Waals surface area contributed by atoms with Gasteiger partial charge < -0.3 is 0 Å². The monoisotopic (exact) mass is 200 g/mol. The second-order valence-electron chi connectivity index (χ2n) is 2.63. The quantitative estimate of drug-likeness (QED) is 0.661. The van der Waals surface area contributed by atoms with Crippen molar-refractivity contribution in [1.82, 2.24) is 9.97 Å². The van der Waals surface area contributed by atoms with Gasteiger partial charge in [-0.05, 0) is 19.1 Å². The van der Waals surface area contributed by atoms with Crippen molar-refractivity contribution in [3.8, 4) is 22.4 Å². The Morgan fingerprint density at radius 1 is 1.29 bits per heavy atom. The Hall–Kier alpha value is -1.66. The first-order chi connectivity index (χ1) is 6.90. The molecule has 0 amide bonds. The molecule has 0 spiro atoms. The van der Waals surface area contributed by atoms with Crippen molar-refractivity contribution >= 4 is 11.3 Å². The van der Waals surface area contributed by atoms with Crippen molar-refractivity contribution in [2.45, 2.75) is 6.92 Å². The molecular formula is C11H8N2S. The largest absolute Gasteiger partial charge is 0.261 e. The predicted octanol–water partition coefficient (Wildman–Crippen LogP) is 2.58. The van der Waals surface area contributed by atoms with E-state index in [0.717, 1.165) is 15.4 Å². The number of nitrogens with zero attached hydrogens (tertiary/aromatic N) is 2. The third kappa shape index (κ3) is 1.81. The molecule has 0 N–H and O–H groups in total. The molecule has 0 unspecified atom stereocenters. The number of hydrogen-bond acceptors (Lipinski definition) is 3. The van der Waals surface area contributed by atoms with E-state index in [0.29, 0.717) is 0 Å². The highest BCUT2D eigenvalue weighted by Gasteiger charge is 2.01. The van der Waals surface area contributed by atoms with Crippen LogP contribution in [0.5, 0.6) is 0 Å². The molecule has 0 aliphatic rings. The molecule has 0 aliphatic carbocycles. The lowest BCUT2D eigenvalue weighted by Crippen LogP contribution is -1.79. The number of aromatic nitrogens is 2. The minimum atomic E-state index is 0.904. The maximum atomic E-state index is 4.22. The van der Waals surface area contributed by atoms with Crippen molar-refractivity contribution in [2.24, 2.45) is 0 Å². The Morgan fingerprint density at radius 3 is 2.93 bits per heavy atom. The van der Waals surface area contributed by atoms with Crippen LogP contribution in [0, 0.1) is 11.8 Å². The van der Waals surface area contributed by atoms with Crippen LogP contribution in [-0.2, 0) is 0 Å². The molecule has 2 heterocycles. The molecule has 2 aromatic rings. The SMILES string of the molecule is CC#Cc1ccc(-c2cnccn2)s1. The smallest absolute Gasteiger partial charge is 0.0985 e. The molecule has 0 saturated heterocycles. The van der Waals surface area contributed by atoms with Crippen LogP contribution in [0.1, 0.15) is 11.8 Å². The lowest BCUT2D eigenvalue weighted by atomic mass is 10.3. The standard InChI is InChI=1S/C11H8N2S/c1-2-3-9-4-5-11(14-9)10-8-12-6-7-13-10/h4-8H,1H3. The van der Waals surface area contributed by atoms with Crippen LogP contribution in [0.4, 0.5) is 0 Å². The van der Waals surface area contributed by atoms with Crippen LogP contribution in [-0.4, -0.2) is 9.97 Å². The van der Waals surface area contributed by atoms with E-state index < -0.39 is 0 Å². The van der Waals surface area contributed by atoms with Crippen molar-refractivity contribution in [1.29, 1.82) is 0 Å². The lowest BCUT2D eigenvalue weighted by molar-refractivity contribution is 1.21. The van der Waals surface area contributed by atoms with E-state index in [-0.39, 0.29) is 0 Å². The van der Waals surface area contributed by atoms with Gasteiger partial charge in [-0.2, -0.15) is 0 Å². The van der Waals surface area contributed by atoms with E-state index in [2.05, 4.69) is 21.8 Å². The third-order valence-electron chi connectivity index (χ3n) is 1.67. The Morgan fingerprint density at radius 2 is 2.21 bits per heavy atom. The topological polar surface area (TPSA) is 25.8 Å². The zero-order valence-corrected chi connectivity index (χ0v) is 8.51. The predicted molar refractivity (Wildman–Crippen MR) is 57.9 cm³/mol. The van der Waals surface area contributed by atoms with Gasteiger partial charge in [0.05, 0.1) is 21.6 Å². The van der Waals surface area contributed by atoms with Gasteiger partial charge in [0, 0.05) is 12.4 Å². The van der Waals surface area contributed by atoms with E-state index in [4.69, 9.17) is 0 Å². The summed E-state index contributed by atoms with van der Waals surface area (Å²) in [6.45, 7) is 1.84. The molecule has 0 aromatic carbocycles. The second kappa shape index (κ2) is 4.03. The Kier molecular flexibility index (Phi) is 2.57. The van der Waals surface area contributed by atoms with Crippen LogP contribution in [0.3, 0.4) is 0 Å². The minimum Gasteiger partial charge on any atom is -0.261 e. The summed E-state index contributed by atoms with van der Waals surface area (Å²) in [5, 5.41) is 0. The van der Waals surface area contributed by atoms with Crippen molar-refractivity contribution in [3.63, 3.8) is 0 Å². The van der Waals surface area contributed by atoms with Crippen LogP contribution < -0.4 is 0 Å². The molecule has 3 heteroatoms. The normalized spacial score (nSPS) is 9.21. The van der Waals surface area contributed by atoms with Gasteiger partial charge in [-0.15, -0.1) is 17.3 Å². The molecule has 0 fully saturated rings. The highest BCUT2D eigenvalue weighted by Crippen LogP contribution is 2.24. The summed E-state index contributed by atoms with van der Waals surface area (Å²) in [6.07, 6.45) is 5.12. The molecule has 68 valence electrons. The van der Waals surface area contributed by atoms with Gasteiger partial charge in [0.25, 0.3) is 0 Å². The zero-order valence-electron chi connectivity index (χ0n) is 7.69. The van der Waals surface area contributed by atoms with Gasteiger partial charge in [0.15, 0.2) is 0 Å². The summed E-state index contributed by atoms with van der Waals surface area (Å²) in [7, 11) is 0. The number of rotatable bonds is 1. The number of hydrogen-bond donors (Lipinski definition) is 0. The maximum Gasteiger partial charge on any atom is 0.0985 e. The fraction of sp³-hybridized carbons (Fsp3) is 0.0909. The average Bonchev–Trinajstić information content (AvgIpc) is 2.68. The summed E-state index contributed by atoms with van der Waals surface area (Å²) in [5.41, 5.74) is 0.904. The molecular weight excluding hydrogens is 192 g/mol. The molecule has 0 saturated carbocycles. The molecule has 0 atom stereocenters. The molecule has 14 heavy (non-hydrogen) atoms. The zero-order chi connectivity index (χ0) is 9.80. The summed E-state index contributed by atoms with van der Waals surface area (Å²) < 4.78 is 0. The fourth-order valence-corrected chi connectivity index (χ4v) is 1.96. The van der Waals surface area contributed by atoms with E-state index in [1.807, 2.05) is 19.1 Å². The second-order valence-corrected chi connectivity index (χ2v) is 3.71. The van der Waals surface area contributed by atoms with Gasteiger partial charge in [0.2, 0.25) is 0 Å². The molecule has 0 aliphatic heterocycles. The molecule has 2 aromatic heterocycles. The Balaban J connectivity index is 2.37. The van der Waals surface area contributed by atoms with Gasteiger partial charge in [-0.3, -0.25) is 9.97 Å².